The summed E-state index contributed by atoms with van der Waals surface area (Å²) in [5.74, 6) is 0.967. The Bertz CT molecular complexity index is 887. The minimum Gasteiger partial charge on any atom is -0.486 e. The van der Waals surface area contributed by atoms with E-state index in [9.17, 15) is 4.79 Å². The number of benzene rings is 1. The minimum absolute atomic E-state index is 0.148. The van der Waals surface area contributed by atoms with Crippen LogP contribution in [0.3, 0.4) is 0 Å². The van der Waals surface area contributed by atoms with Gasteiger partial charge in [0.05, 0.1) is 22.8 Å². The normalized spacial score (nSPS) is 14.4. The number of H-pyrrole nitrogens is 1. The Morgan fingerprint density at radius 1 is 1.40 bits per heavy atom. The van der Waals surface area contributed by atoms with Crippen LogP contribution >= 0.6 is 22.9 Å². The zero-order valence-electron chi connectivity index (χ0n) is 13.5. The van der Waals surface area contributed by atoms with E-state index in [4.69, 9.17) is 16.3 Å². The van der Waals surface area contributed by atoms with Crippen LogP contribution in [0.5, 0.6) is 5.75 Å². The summed E-state index contributed by atoms with van der Waals surface area (Å²) < 4.78 is 5.77. The summed E-state index contributed by atoms with van der Waals surface area (Å²) in [7, 11) is 0. The molecule has 0 spiro atoms. The van der Waals surface area contributed by atoms with Crippen molar-refractivity contribution in [2.24, 2.45) is 5.92 Å². The van der Waals surface area contributed by atoms with Crippen molar-refractivity contribution in [3.63, 3.8) is 0 Å². The molecule has 7 heteroatoms. The highest BCUT2D eigenvalue weighted by Crippen LogP contribution is 2.31. The van der Waals surface area contributed by atoms with E-state index in [0.717, 1.165) is 41.6 Å². The van der Waals surface area contributed by atoms with Crippen LogP contribution < -0.4 is 10.1 Å². The zero-order valence-corrected chi connectivity index (χ0v) is 15.1. The van der Waals surface area contributed by atoms with Crippen molar-refractivity contribution in [3.8, 4) is 5.75 Å². The van der Waals surface area contributed by atoms with Gasteiger partial charge in [0, 0.05) is 34.0 Å². The second kappa shape index (κ2) is 7.06. The third-order valence-corrected chi connectivity index (χ3v) is 5.45. The van der Waals surface area contributed by atoms with Crippen LogP contribution in [-0.2, 0) is 17.9 Å². The summed E-state index contributed by atoms with van der Waals surface area (Å²) in [4.78, 5) is 19.5. The largest absolute Gasteiger partial charge is 0.486 e. The van der Waals surface area contributed by atoms with E-state index in [1.54, 1.807) is 5.51 Å². The lowest BCUT2D eigenvalue weighted by Crippen LogP contribution is -2.34. The highest BCUT2D eigenvalue weighted by atomic mass is 35.5. The van der Waals surface area contributed by atoms with Crippen molar-refractivity contribution in [1.29, 1.82) is 0 Å². The van der Waals surface area contributed by atoms with Crippen LogP contribution in [0.4, 0.5) is 0 Å². The van der Waals surface area contributed by atoms with Crippen molar-refractivity contribution in [2.45, 2.75) is 32.4 Å². The second-order valence-corrected chi connectivity index (χ2v) is 7.40. The number of halogens is 1. The number of aromatic amines is 1. The van der Waals surface area contributed by atoms with E-state index in [1.165, 1.54) is 11.3 Å². The molecule has 2 aromatic heterocycles. The Kier molecular flexibility index (Phi) is 4.63. The molecule has 4 rings (SSSR count). The van der Waals surface area contributed by atoms with E-state index in [2.05, 4.69) is 15.3 Å². The number of carbonyl (C=O) groups is 1. The molecule has 2 N–H and O–H groups in total. The van der Waals surface area contributed by atoms with Crippen LogP contribution in [0.1, 0.15) is 30.7 Å². The SMILES string of the molecule is O=C(NCc1cc2cc(Cl)c(OCc3cscn3)cc2[nH]1)C1CCC1. The van der Waals surface area contributed by atoms with E-state index in [1.807, 2.05) is 23.6 Å². The quantitative estimate of drug-likeness (QED) is 0.676. The summed E-state index contributed by atoms with van der Waals surface area (Å²) in [6, 6.07) is 5.77. The van der Waals surface area contributed by atoms with Gasteiger partial charge in [-0.05, 0) is 25.0 Å². The third kappa shape index (κ3) is 3.65. The summed E-state index contributed by atoms with van der Waals surface area (Å²) in [5, 5.41) is 6.50. The Morgan fingerprint density at radius 2 is 2.28 bits per heavy atom. The second-order valence-electron chi connectivity index (χ2n) is 6.28. The van der Waals surface area contributed by atoms with Gasteiger partial charge in [-0.3, -0.25) is 4.79 Å². The standard InChI is InChI=1S/C18H18ClN3O2S/c19-15-5-12-4-13(7-20-18(23)11-2-1-3-11)22-16(12)6-17(15)24-8-14-9-25-10-21-14/h4-6,9-11,22H,1-3,7-8H2,(H,20,23). The predicted molar refractivity (Wildman–Crippen MR) is 98.9 cm³/mol. The van der Waals surface area contributed by atoms with E-state index < -0.39 is 0 Å². The molecule has 0 atom stereocenters. The molecule has 0 saturated heterocycles. The predicted octanol–water partition coefficient (Wildman–Crippen LogP) is 4.27. The molecule has 1 saturated carbocycles. The van der Waals surface area contributed by atoms with E-state index >= 15 is 0 Å². The molecule has 1 aromatic carbocycles. The van der Waals surface area contributed by atoms with Gasteiger partial charge < -0.3 is 15.0 Å². The van der Waals surface area contributed by atoms with Gasteiger partial charge in [-0.25, -0.2) is 4.98 Å². The Hall–Kier alpha value is -2.05. The molecule has 25 heavy (non-hydrogen) atoms. The highest BCUT2D eigenvalue weighted by molar-refractivity contribution is 7.07. The first-order valence-electron chi connectivity index (χ1n) is 8.28. The number of ether oxygens (including phenoxy) is 1. The molecule has 0 unspecified atom stereocenters. The molecule has 3 aromatic rings. The van der Waals surface area contributed by atoms with Crippen molar-refractivity contribution in [1.82, 2.24) is 15.3 Å². The first kappa shape index (κ1) is 16.4. The van der Waals surface area contributed by atoms with Crippen molar-refractivity contribution >= 4 is 39.7 Å². The number of hydrogen-bond acceptors (Lipinski definition) is 4. The average molecular weight is 376 g/mol. The van der Waals surface area contributed by atoms with Crippen LogP contribution in [-0.4, -0.2) is 15.9 Å². The summed E-state index contributed by atoms with van der Waals surface area (Å²) in [6.07, 6.45) is 3.17. The molecule has 2 heterocycles. The number of nitrogens with zero attached hydrogens (tertiary/aromatic N) is 1. The molecule has 1 fully saturated rings. The molecule has 1 aliphatic rings. The Labute approximate surface area is 154 Å². The van der Waals surface area contributed by atoms with Gasteiger partial charge in [0.15, 0.2) is 0 Å². The van der Waals surface area contributed by atoms with E-state index in [-0.39, 0.29) is 11.8 Å². The molecule has 5 nitrogen and oxygen atoms in total. The van der Waals surface area contributed by atoms with E-state index in [0.29, 0.717) is 23.9 Å². The molecule has 0 aliphatic heterocycles. The number of rotatable bonds is 6. The molecule has 1 aliphatic carbocycles. The van der Waals surface area contributed by atoms with Gasteiger partial charge in [-0.2, -0.15) is 0 Å². The lowest BCUT2D eigenvalue weighted by molar-refractivity contribution is -0.127. The molecule has 130 valence electrons. The summed E-state index contributed by atoms with van der Waals surface area (Å²) in [5.41, 5.74) is 4.55. The van der Waals surface area contributed by atoms with Crippen molar-refractivity contribution in [2.75, 3.05) is 0 Å². The van der Waals surface area contributed by atoms with Crippen LogP contribution in [0.2, 0.25) is 5.02 Å². The fourth-order valence-corrected chi connectivity index (χ4v) is 3.63. The van der Waals surface area contributed by atoms with Crippen LogP contribution in [0.25, 0.3) is 10.9 Å². The fourth-order valence-electron chi connectivity index (χ4n) is 2.86. The third-order valence-electron chi connectivity index (χ3n) is 4.52. The van der Waals surface area contributed by atoms with Gasteiger partial charge in [0.1, 0.15) is 12.4 Å². The topological polar surface area (TPSA) is 67.0 Å². The Morgan fingerprint density at radius 3 is 3.00 bits per heavy atom. The maximum atomic E-state index is 11.9. The van der Waals surface area contributed by atoms with Crippen molar-refractivity contribution < 1.29 is 9.53 Å². The zero-order chi connectivity index (χ0) is 17.2. The molecule has 0 radical (unpaired) electrons. The van der Waals surface area contributed by atoms with Crippen LogP contribution in [0, 0.1) is 5.92 Å². The van der Waals surface area contributed by atoms with Crippen molar-refractivity contribution in [3.05, 3.63) is 45.5 Å². The maximum absolute atomic E-state index is 11.9. The lowest BCUT2D eigenvalue weighted by atomic mass is 9.85. The monoisotopic (exact) mass is 375 g/mol. The summed E-state index contributed by atoms with van der Waals surface area (Å²) >= 11 is 7.86. The molecular formula is C18H18ClN3O2S. The number of aromatic nitrogens is 2. The number of carbonyl (C=O) groups excluding carboxylic acids is 1. The summed E-state index contributed by atoms with van der Waals surface area (Å²) in [6.45, 7) is 0.885. The van der Waals surface area contributed by atoms with Gasteiger partial charge in [0.2, 0.25) is 5.91 Å². The maximum Gasteiger partial charge on any atom is 0.223 e. The first-order chi connectivity index (χ1) is 12.2. The number of hydrogen-bond donors (Lipinski definition) is 2. The molecule has 0 bridgehead atoms. The fraction of sp³-hybridized carbons (Fsp3) is 0.333. The number of fused-ring (bicyclic) bond motifs is 1. The van der Waals surface area contributed by atoms with Gasteiger partial charge in [-0.15, -0.1) is 11.3 Å². The molecular weight excluding hydrogens is 358 g/mol. The number of amides is 1. The van der Waals surface area contributed by atoms with Gasteiger partial charge in [-0.1, -0.05) is 18.0 Å². The Balaban J connectivity index is 1.45. The average Bonchev–Trinajstić information content (AvgIpc) is 3.17. The number of nitrogens with one attached hydrogen (secondary N) is 2. The highest BCUT2D eigenvalue weighted by Gasteiger charge is 2.24. The molecule has 1 amide bonds. The minimum atomic E-state index is 0.148. The lowest BCUT2D eigenvalue weighted by Gasteiger charge is -2.23. The van der Waals surface area contributed by atoms with Gasteiger partial charge in [0.25, 0.3) is 0 Å². The van der Waals surface area contributed by atoms with Gasteiger partial charge >= 0.3 is 0 Å². The van der Waals surface area contributed by atoms with Crippen LogP contribution in [0.15, 0.2) is 29.1 Å². The number of thiazole rings is 1. The first-order valence-corrected chi connectivity index (χ1v) is 9.60. The smallest absolute Gasteiger partial charge is 0.223 e.